The van der Waals surface area contributed by atoms with Gasteiger partial charge in [0.2, 0.25) is 11.7 Å². The third-order valence-electron chi connectivity index (χ3n) is 6.05. The van der Waals surface area contributed by atoms with E-state index in [1.165, 1.54) is 30.5 Å². The van der Waals surface area contributed by atoms with Crippen LogP contribution in [0.5, 0.6) is 23.1 Å². The predicted molar refractivity (Wildman–Crippen MR) is 154 cm³/mol. The minimum Gasteiger partial charge on any atom is -0.492 e. The number of benzene rings is 2. The fourth-order valence-corrected chi connectivity index (χ4v) is 4.74. The molecule has 0 fully saturated rings. The molecule has 2 heterocycles. The van der Waals surface area contributed by atoms with Crippen molar-refractivity contribution in [2.24, 2.45) is 0 Å². The number of hydrogen-bond acceptors (Lipinski definition) is 9. The second kappa shape index (κ2) is 14.0. The average Bonchev–Trinajstić information content (AvgIpc) is 2.99. The molecule has 2 aromatic heterocycles. The molecule has 1 N–H and O–H groups in total. The lowest BCUT2D eigenvalue weighted by atomic mass is 10.1. The summed E-state index contributed by atoms with van der Waals surface area (Å²) in [5.41, 5.74) is -0.378. The van der Waals surface area contributed by atoms with Crippen LogP contribution in [0.1, 0.15) is 35.5 Å². The zero-order valence-electron chi connectivity index (χ0n) is 23.7. The van der Waals surface area contributed by atoms with E-state index in [1.54, 1.807) is 48.2 Å². The summed E-state index contributed by atoms with van der Waals surface area (Å²) < 4.78 is 74.0. The number of ether oxygens (including phenoxy) is 3. The zero-order chi connectivity index (χ0) is 31.0. The topological polar surface area (TPSA) is 120 Å². The quantitative estimate of drug-likeness (QED) is 0.219. The van der Waals surface area contributed by atoms with E-state index in [1.807, 2.05) is 19.0 Å². The lowest BCUT2D eigenvalue weighted by molar-refractivity contribution is 0.0976. The molecule has 43 heavy (non-hydrogen) atoms. The van der Waals surface area contributed by atoms with Gasteiger partial charge in [-0.05, 0) is 75.1 Å². The van der Waals surface area contributed by atoms with Crippen LogP contribution in [0.4, 0.5) is 8.78 Å². The van der Waals surface area contributed by atoms with Gasteiger partial charge in [0.05, 0.1) is 22.3 Å². The van der Waals surface area contributed by atoms with Gasteiger partial charge in [-0.15, -0.1) is 0 Å². The maximum atomic E-state index is 15.0. The van der Waals surface area contributed by atoms with Crippen LogP contribution in [0, 0.1) is 11.6 Å². The molecule has 4 aromatic rings. The molecule has 0 aliphatic heterocycles. The summed E-state index contributed by atoms with van der Waals surface area (Å²) in [7, 11) is -0.613. The van der Waals surface area contributed by atoms with Crippen molar-refractivity contribution in [3.8, 4) is 23.1 Å². The van der Waals surface area contributed by atoms with Crippen molar-refractivity contribution in [1.82, 2.24) is 19.6 Å². The molecular formula is C30H30F2N4O6S. The number of carbonyl (C=O) groups excluding carboxylic acids is 1. The molecule has 0 bridgehead atoms. The van der Waals surface area contributed by atoms with Gasteiger partial charge in [0, 0.05) is 18.8 Å². The summed E-state index contributed by atoms with van der Waals surface area (Å²) in [6.45, 7) is 2.83. The normalized spacial score (nSPS) is 12.0. The second-order valence-electron chi connectivity index (χ2n) is 9.50. The van der Waals surface area contributed by atoms with E-state index in [0.717, 1.165) is 12.1 Å². The zero-order valence-corrected chi connectivity index (χ0v) is 24.5. The number of nitrogens with zero attached hydrogens (tertiary/aromatic N) is 3. The summed E-state index contributed by atoms with van der Waals surface area (Å²) in [6, 6.07) is 15.8. The van der Waals surface area contributed by atoms with E-state index >= 15 is 0 Å². The first kappa shape index (κ1) is 31.3. The summed E-state index contributed by atoms with van der Waals surface area (Å²) in [6.07, 6.45) is 2.64. The van der Waals surface area contributed by atoms with Crippen molar-refractivity contribution in [2.45, 2.75) is 24.3 Å². The summed E-state index contributed by atoms with van der Waals surface area (Å²) in [5.74, 6) is -3.58. The Labute approximate surface area is 248 Å². The molecule has 226 valence electrons. The molecule has 2 aromatic carbocycles. The number of likely N-dealkylation sites (N-methyl/N-ethyl adjacent to an activating group) is 1. The SMILES string of the molecule is CC[C@@H](Oc1ccc(C(=O)NS(=O)(=O)c2ccc(OCCN(C)C)cc2)c(F)c1F)c1ccc(Oc2ccccn2)cn1. The van der Waals surface area contributed by atoms with E-state index in [0.29, 0.717) is 42.6 Å². The van der Waals surface area contributed by atoms with Gasteiger partial charge in [0.1, 0.15) is 24.2 Å². The number of sulfonamides is 1. The lowest BCUT2D eigenvalue weighted by Crippen LogP contribution is -2.31. The first-order chi connectivity index (χ1) is 20.6. The largest absolute Gasteiger partial charge is 0.492 e. The van der Waals surface area contributed by atoms with Gasteiger partial charge in [-0.1, -0.05) is 13.0 Å². The Morgan fingerprint density at radius 2 is 1.70 bits per heavy atom. The molecule has 0 spiro atoms. The predicted octanol–water partition coefficient (Wildman–Crippen LogP) is 5.14. The Morgan fingerprint density at radius 1 is 0.953 bits per heavy atom. The number of carbonyl (C=O) groups is 1. The Hall–Kier alpha value is -4.62. The first-order valence-corrected chi connectivity index (χ1v) is 14.7. The molecule has 0 unspecified atom stereocenters. The number of nitrogens with one attached hydrogen (secondary N) is 1. The van der Waals surface area contributed by atoms with Crippen LogP contribution < -0.4 is 18.9 Å². The lowest BCUT2D eigenvalue weighted by Gasteiger charge is -2.18. The molecule has 10 nitrogen and oxygen atoms in total. The van der Waals surface area contributed by atoms with Crippen molar-refractivity contribution in [2.75, 3.05) is 27.2 Å². The standard InChI is InChI=1S/C30H30F2N4O6S/c1-4-25(24-14-10-21(19-34-24)41-27-7-5-6-16-33-27)42-26-15-13-23(28(31)29(26)32)30(37)35-43(38,39)22-11-8-20(9-12-22)40-18-17-36(2)3/h5-16,19,25H,4,17-18H2,1-3H3,(H,35,37)/t25-/m1/s1. The first-order valence-electron chi connectivity index (χ1n) is 13.2. The van der Waals surface area contributed by atoms with E-state index in [9.17, 15) is 22.0 Å². The molecule has 4 rings (SSSR count). The van der Waals surface area contributed by atoms with E-state index in [4.69, 9.17) is 14.2 Å². The van der Waals surface area contributed by atoms with Crippen LogP contribution in [-0.2, 0) is 10.0 Å². The molecule has 1 amide bonds. The molecule has 0 saturated carbocycles. The highest BCUT2D eigenvalue weighted by Gasteiger charge is 2.26. The molecule has 0 radical (unpaired) electrons. The number of amides is 1. The molecule has 0 aliphatic rings. The Balaban J connectivity index is 1.42. The van der Waals surface area contributed by atoms with Crippen LogP contribution in [-0.4, -0.2) is 56.4 Å². The number of hydrogen-bond donors (Lipinski definition) is 1. The Kier molecular flexibility index (Phi) is 10.2. The van der Waals surface area contributed by atoms with Crippen LogP contribution >= 0.6 is 0 Å². The van der Waals surface area contributed by atoms with Crippen molar-refractivity contribution >= 4 is 15.9 Å². The smallest absolute Gasteiger partial charge is 0.268 e. The average molecular weight is 613 g/mol. The van der Waals surface area contributed by atoms with Crippen LogP contribution in [0.2, 0.25) is 0 Å². The van der Waals surface area contributed by atoms with Gasteiger partial charge in [0.15, 0.2) is 11.6 Å². The van der Waals surface area contributed by atoms with Gasteiger partial charge >= 0.3 is 0 Å². The third kappa shape index (κ3) is 8.23. The van der Waals surface area contributed by atoms with Gasteiger partial charge in [-0.3, -0.25) is 9.78 Å². The van der Waals surface area contributed by atoms with Crippen LogP contribution in [0.3, 0.4) is 0 Å². The third-order valence-corrected chi connectivity index (χ3v) is 7.40. The highest BCUT2D eigenvalue weighted by Crippen LogP contribution is 2.30. The fourth-order valence-electron chi connectivity index (χ4n) is 3.77. The maximum absolute atomic E-state index is 15.0. The minimum absolute atomic E-state index is 0.253. The van der Waals surface area contributed by atoms with Crippen LogP contribution in [0.25, 0.3) is 0 Å². The minimum atomic E-state index is -4.39. The number of rotatable bonds is 13. The maximum Gasteiger partial charge on any atom is 0.268 e. The molecule has 0 aliphatic carbocycles. The fraction of sp³-hybridized carbons (Fsp3) is 0.233. The summed E-state index contributed by atoms with van der Waals surface area (Å²) in [5, 5.41) is 0. The van der Waals surface area contributed by atoms with Gasteiger partial charge in [-0.25, -0.2) is 22.5 Å². The van der Waals surface area contributed by atoms with Gasteiger partial charge < -0.3 is 19.1 Å². The number of pyridine rings is 2. The number of halogens is 2. The van der Waals surface area contributed by atoms with Gasteiger partial charge in [-0.2, -0.15) is 4.39 Å². The monoisotopic (exact) mass is 612 g/mol. The van der Waals surface area contributed by atoms with E-state index < -0.39 is 45.0 Å². The Morgan fingerprint density at radius 3 is 2.33 bits per heavy atom. The van der Waals surface area contributed by atoms with Crippen molar-refractivity contribution < 1.29 is 36.2 Å². The summed E-state index contributed by atoms with van der Waals surface area (Å²) >= 11 is 0. The van der Waals surface area contributed by atoms with Crippen molar-refractivity contribution in [3.63, 3.8) is 0 Å². The molecule has 1 atom stereocenters. The molecule has 13 heteroatoms. The van der Waals surface area contributed by atoms with Crippen LogP contribution in [0.15, 0.2) is 84.0 Å². The van der Waals surface area contributed by atoms with E-state index in [-0.39, 0.29) is 4.90 Å². The highest BCUT2D eigenvalue weighted by molar-refractivity contribution is 7.90. The highest BCUT2D eigenvalue weighted by atomic mass is 32.2. The Bertz CT molecular complexity index is 1640. The molecular weight excluding hydrogens is 582 g/mol. The van der Waals surface area contributed by atoms with E-state index in [2.05, 4.69) is 9.97 Å². The second-order valence-corrected chi connectivity index (χ2v) is 11.2. The van der Waals surface area contributed by atoms with Gasteiger partial charge in [0.25, 0.3) is 15.9 Å². The van der Waals surface area contributed by atoms with Crippen molar-refractivity contribution in [3.05, 3.63) is 102 Å². The number of aromatic nitrogens is 2. The summed E-state index contributed by atoms with van der Waals surface area (Å²) in [4.78, 5) is 22.7. The van der Waals surface area contributed by atoms with Crippen molar-refractivity contribution in [1.29, 1.82) is 0 Å². The molecule has 0 saturated heterocycles.